The summed E-state index contributed by atoms with van der Waals surface area (Å²) in [5.74, 6) is 0.980. The summed E-state index contributed by atoms with van der Waals surface area (Å²) in [6.07, 6.45) is 1.53. The lowest BCUT2D eigenvalue weighted by Gasteiger charge is -2.44. The summed E-state index contributed by atoms with van der Waals surface area (Å²) in [5, 5.41) is 9.89. The smallest absolute Gasteiger partial charge is 0.306 e. The normalized spacial score (nSPS) is 22.6. The van der Waals surface area contributed by atoms with Crippen LogP contribution in [0.4, 0.5) is 5.69 Å². The molecule has 0 bridgehead atoms. The van der Waals surface area contributed by atoms with Crippen LogP contribution in [0.25, 0.3) is 0 Å². The number of nitrogens with zero attached hydrogens (tertiary/aromatic N) is 2. The van der Waals surface area contributed by atoms with E-state index in [2.05, 4.69) is 30.4 Å². The van der Waals surface area contributed by atoms with Crippen LogP contribution in [0.3, 0.4) is 0 Å². The second-order valence-corrected chi connectivity index (χ2v) is 8.29. The highest BCUT2D eigenvalue weighted by Crippen LogP contribution is 2.56. The Hall–Kier alpha value is -3.80. The number of amides is 1. The van der Waals surface area contributed by atoms with Crippen LogP contribution >= 0.6 is 0 Å². The van der Waals surface area contributed by atoms with Crippen LogP contribution < -0.4 is 14.8 Å². The molecule has 1 N–H and O–H groups in total. The number of methoxy groups -OCH3 is 1. The molecule has 3 aromatic carbocycles. The van der Waals surface area contributed by atoms with E-state index in [-0.39, 0.29) is 11.9 Å². The fourth-order valence-electron chi connectivity index (χ4n) is 4.97. The van der Waals surface area contributed by atoms with Gasteiger partial charge in [0, 0.05) is 12.0 Å². The van der Waals surface area contributed by atoms with Crippen LogP contribution in [-0.2, 0) is 16.9 Å². The minimum Gasteiger partial charge on any atom is -0.493 e. The summed E-state index contributed by atoms with van der Waals surface area (Å²) < 4.78 is 12.3. The molecule has 3 heterocycles. The quantitative estimate of drug-likeness (QED) is 0.666. The maximum Gasteiger partial charge on any atom is 0.306 e. The molecule has 6 heteroatoms. The van der Waals surface area contributed by atoms with Gasteiger partial charge in [-0.3, -0.25) is 4.79 Å². The predicted molar refractivity (Wildman–Crippen MR) is 122 cm³/mol. The zero-order valence-electron chi connectivity index (χ0n) is 18.0. The van der Waals surface area contributed by atoms with Crippen molar-refractivity contribution in [3.05, 3.63) is 89.0 Å². The Kier molecular flexibility index (Phi) is 4.05. The van der Waals surface area contributed by atoms with Crippen molar-refractivity contribution in [1.29, 1.82) is 0 Å². The average molecular weight is 425 g/mol. The van der Waals surface area contributed by atoms with Gasteiger partial charge in [0.25, 0.3) is 5.91 Å². The third-order valence-electron chi connectivity index (χ3n) is 6.59. The second-order valence-electron chi connectivity index (χ2n) is 8.29. The molecule has 6 rings (SSSR count). The van der Waals surface area contributed by atoms with Gasteiger partial charge in [0.2, 0.25) is 0 Å². The zero-order valence-corrected chi connectivity index (χ0v) is 18.0. The van der Waals surface area contributed by atoms with Gasteiger partial charge in [-0.25, -0.2) is 5.01 Å². The van der Waals surface area contributed by atoms with Gasteiger partial charge in [-0.05, 0) is 35.7 Å². The summed E-state index contributed by atoms with van der Waals surface area (Å²) in [6.45, 7) is 2.10. The molecule has 0 aliphatic carbocycles. The van der Waals surface area contributed by atoms with Gasteiger partial charge in [-0.1, -0.05) is 55.5 Å². The molecule has 160 valence electrons. The van der Waals surface area contributed by atoms with E-state index in [0.29, 0.717) is 17.9 Å². The number of nitrogens with one attached hydrogen (secondary N) is 1. The molecule has 3 aromatic rings. The minimum absolute atomic E-state index is 0.147. The summed E-state index contributed by atoms with van der Waals surface area (Å²) in [5.41, 5.74) is 4.25. The molecule has 1 spiro atoms. The molecule has 0 fully saturated rings. The van der Waals surface area contributed by atoms with Crippen LogP contribution in [0, 0.1) is 0 Å². The lowest BCUT2D eigenvalue weighted by Crippen LogP contribution is -2.55. The molecule has 0 saturated heterocycles. The van der Waals surface area contributed by atoms with Crippen molar-refractivity contribution < 1.29 is 14.3 Å². The van der Waals surface area contributed by atoms with Crippen LogP contribution in [-0.4, -0.2) is 23.7 Å². The van der Waals surface area contributed by atoms with Crippen LogP contribution in [0.2, 0.25) is 0 Å². The number of para-hydroxylation sites is 1. The standard InChI is InChI=1S/C26H23N3O3/c1-3-16-12-13-20-19(14-16)26(25(30)27-20)29-22(15-21(28-29)17-8-5-4-6-9-17)18-10-7-11-23(31-2)24(18)32-26/h4-14,22H,3,15H2,1-2H3,(H,27,30). The number of ether oxygens (including phenoxy) is 2. The van der Waals surface area contributed by atoms with Gasteiger partial charge >= 0.3 is 5.72 Å². The van der Waals surface area contributed by atoms with E-state index in [4.69, 9.17) is 14.6 Å². The summed E-state index contributed by atoms with van der Waals surface area (Å²) in [6, 6.07) is 21.8. The van der Waals surface area contributed by atoms with Crippen molar-refractivity contribution in [2.24, 2.45) is 5.10 Å². The first-order valence-corrected chi connectivity index (χ1v) is 10.9. The van der Waals surface area contributed by atoms with Gasteiger partial charge in [0.15, 0.2) is 11.5 Å². The Bertz CT molecular complexity index is 1270. The summed E-state index contributed by atoms with van der Waals surface area (Å²) >= 11 is 0. The van der Waals surface area contributed by atoms with Crippen molar-refractivity contribution in [3.63, 3.8) is 0 Å². The maximum atomic E-state index is 13.6. The monoisotopic (exact) mass is 425 g/mol. The van der Waals surface area contributed by atoms with Crippen LogP contribution in [0.1, 0.15) is 41.6 Å². The highest BCUT2D eigenvalue weighted by atomic mass is 16.6. The number of anilines is 1. The van der Waals surface area contributed by atoms with E-state index >= 15 is 0 Å². The fraction of sp³-hybridized carbons (Fsp3) is 0.231. The molecule has 0 saturated carbocycles. The average Bonchev–Trinajstić information content (AvgIpc) is 3.40. The first kappa shape index (κ1) is 18.9. The van der Waals surface area contributed by atoms with E-state index in [9.17, 15) is 4.79 Å². The Morgan fingerprint density at radius 3 is 2.78 bits per heavy atom. The Morgan fingerprint density at radius 1 is 1.16 bits per heavy atom. The molecule has 0 radical (unpaired) electrons. The van der Waals surface area contributed by atoms with Crippen molar-refractivity contribution in [1.82, 2.24) is 5.01 Å². The second kappa shape index (κ2) is 6.85. The number of hydrazone groups is 1. The Labute approximate surface area is 186 Å². The molecule has 1 amide bonds. The molecule has 6 nitrogen and oxygen atoms in total. The SMILES string of the molecule is CCc1ccc2c(c1)C1(Oc3c(OC)cccc3C3CC(c4ccccc4)=NN31)C(=O)N2. The third kappa shape index (κ3) is 2.46. The maximum absolute atomic E-state index is 13.6. The number of carbonyl (C=O) groups excluding carboxylic acids is 1. The number of benzene rings is 3. The molecule has 2 atom stereocenters. The van der Waals surface area contributed by atoms with Crippen LogP contribution in [0.5, 0.6) is 11.5 Å². The van der Waals surface area contributed by atoms with Crippen molar-refractivity contribution in [3.8, 4) is 11.5 Å². The number of hydrogen-bond acceptors (Lipinski definition) is 5. The Balaban J connectivity index is 1.60. The molecular formula is C26H23N3O3. The number of fused-ring (bicyclic) bond motifs is 6. The molecular weight excluding hydrogens is 402 g/mol. The first-order chi connectivity index (χ1) is 15.7. The lowest BCUT2D eigenvalue weighted by molar-refractivity contribution is -0.161. The van der Waals surface area contributed by atoms with Gasteiger partial charge in [0.05, 0.1) is 30.1 Å². The number of aryl methyl sites for hydroxylation is 1. The summed E-state index contributed by atoms with van der Waals surface area (Å²) in [4.78, 5) is 13.6. The van der Waals surface area contributed by atoms with Gasteiger partial charge in [-0.2, -0.15) is 5.10 Å². The zero-order chi connectivity index (χ0) is 21.9. The molecule has 2 unspecified atom stereocenters. The van der Waals surface area contributed by atoms with E-state index < -0.39 is 5.72 Å². The minimum atomic E-state index is -1.39. The number of hydrogen-bond donors (Lipinski definition) is 1. The van der Waals surface area contributed by atoms with Crippen molar-refractivity contribution >= 4 is 17.3 Å². The highest BCUT2D eigenvalue weighted by Gasteiger charge is 2.61. The van der Waals surface area contributed by atoms with Crippen LogP contribution in [0.15, 0.2) is 71.8 Å². The molecule has 0 aromatic heterocycles. The third-order valence-corrected chi connectivity index (χ3v) is 6.59. The van der Waals surface area contributed by atoms with Crippen molar-refractivity contribution in [2.75, 3.05) is 12.4 Å². The van der Waals surface area contributed by atoms with Gasteiger partial charge in [-0.15, -0.1) is 0 Å². The molecule has 3 aliphatic heterocycles. The topological polar surface area (TPSA) is 63.2 Å². The van der Waals surface area contributed by atoms with Gasteiger partial charge in [0.1, 0.15) is 0 Å². The highest BCUT2D eigenvalue weighted by molar-refractivity contribution is 6.07. The Morgan fingerprint density at radius 2 is 2.00 bits per heavy atom. The summed E-state index contributed by atoms with van der Waals surface area (Å²) in [7, 11) is 1.62. The lowest BCUT2D eigenvalue weighted by atomic mass is 9.91. The molecule has 32 heavy (non-hydrogen) atoms. The number of rotatable bonds is 3. The van der Waals surface area contributed by atoms with E-state index in [1.807, 2.05) is 53.5 Å². The van der Waals surface area contributed by atoms with E-state index in [1.54, 1.807) is 7.11 Å². The predicted octanol–water partition coefficient (Wildman–Crippen LogP) is 4.61. The molecule has 3 aliphatic rings. The number of carbonyl (C=O) groups is 1. The van der Waals surface area contributed by atoms with Crippen molar-refractivity contribution in [2.45, 2.75) is 31.5 Å². The van der Waals surface area contributed by atoms with Gasteiger partial charge < -0.3 is 14.8 Å². The largest absolute Gasteiger partial charge is 0.493 e. The first-order valence-electron chi connectivity index (χ1n) is 10.9. The van der Waals surface area contributed by atoms with E-state index in [1.165, 1.54) is 0 Å². The fourth-order valence-corrected chi connectivity index (χ4v) is 4.97. The van der Waals surface area contributed by atoms with E-state index in [0.717, 1.165) is 40.1 Å².